The molecule has 0 aromatic heterocycles. The number of carbonyl (C=O) groups is 2. The Hall–Kier alpha value is -1.10. The highest BCUT2D eigenvalue weighted by atomic mass is 16.6. The van der Waals surface area contributed by atoms with Crippen molar-refractivity contribution in [3.8, 4) is 0 Å². The predicted octanol–water partition coefficient (Wildman–Crippen LogP) is 2.08. The van der Waals surface area contributed by atoms with E-state index in [2.05, 4.69) is 0 Å². The van der Waals surface area contributed by atoms with E-state index in [1.807, 2.05) is 13.8 Å². The van der Waals surface area contributed by atoms with Crippen molar-refractivity contribution in [2.45, 2.75) is 51.6 Å². The van der Waals surface area contributed by atoms with Crippen LogP contribution in [0.15, 0.2) is 0 Å². The number of ether oxygens (including phenoxy) is 3. The van der Waals surface area contributed by atoms with Gasteiger partial charge in [-0.15, -0.1) is 0 Å². The molecular weight excluding hydrogens is 260 g/mol. The Bertz CT molecular complexity index is 363. The molecule has 20 heavy (non-hydrogen) atoms. The van der Waals surface area contributed by atoms with Crippen molar-refractivity contribution < 1.29 is 23.8 Å². The first-order valence-electron chi connectivity index (χ1n) is 7.47. The van der Waals surface area contributed by atoms with Crippen LogP contribution in [0, 0.1) is 11.8 Å². The lowest BCUT2D eigenvalue weighted by Crippen LogP contribution is -2.39. The minimum absolute atomic E-state index is 0.226. The van der Waals surface area contributed by atoms with Gasteiger partial charge in [0.15, 0.2) is 0 Å². The zero-order valence-electron chi connectivity index (χ0n) is 12.4. The number of esters is 2. The summed E-state index contributed by atoms with van der Waals surface area (Å²) in [5, 5.41) is 0. The van der Waals surface area contributed by atoms with Crippen molar-refractivity contribution in [3.05, 3.63) is 0 Å². The van der Waals surface area contributed by atoms with Crippen LogP contribution < -0.4 is 0 Å². The molecule has 2 atom stereocenters. The topological polar surface area (TPSA) is 61.8 Å². The average Bonchev–Trinajstić information content (AvgIpc) is 2.43. The van der Waals surface area contributed by atoms with Gasteiger partial charge in [-0.2, -0.15) is 0 Å². The molecule has 0 N–H and O–H groups in total. The molecule has 1 heterocycles. The number of cyclic esters (lactones) is 2. The van der Waals surface area contributed by atoms with E-state index in [-0.39, 0.29) is 30.4 Å². The molecular formula is C15H24O5. The van der Waals surface area contributed by atoms with Crippen molar-refractivity contribution in [1.29, 1.82) is 0 Å². The lowest BCUT2D eigenvalue weighted by Gasteiger charge is -2.31. The number of rotatable bonds is 0. The van der Waals surface area contributed by atoms with Crippen molar-refractivity contribution in [1.82, 2.24) is 0 Å². The summed E-state index contributed by atoms with van der Waals surface area (Å²) in [7, 11) is 0. The van der Waals surface area contributed by atoms with Crippen molar-refractivity contribution in [3.63, 3.8) is 0 Å². The van der Waals surface area contributed by atoms with Gasteiger partial charge in [-0.25, -0.2) is 0 Å². The quantitative estimate of drug-likeness (QED) is 0.637. The van der Waals surface area contributed by atoms with Crippen molar-refractivity contribution in [2.24, 2.45) is 11.8 Å². The number of hydrogen-bond acceptors (Lipinski definition) is 5. The molecule has 2 rings (SSSR count). The molecule has 2 aliphatic rings. The van der Waals surface area contributed by atoms with Crippen LogP contribution in [0.2, 0.25) is 0 Å². The van der Waals surface area contributed by atoms with Gasteiger partial charge >= 0.3 is 11.9 Å². The van der Waals surface area contributed by atoms with E-state index in [0.29, 0.717) is 26.1 Å². The monoisotopic (exact) mass is 284 g/mol. The van der Waals surface area contributed by atoms with Crippen LogP contribution in [0.25, 0.3) is 0 Å². The Labute approximate surface area is 120 Å². The summed E-state index contributed by atoms with van der Waals surface area (Å²) in [4.78, 5) is 24.3. The number of hydrogen-bond donors (Lipinski definition) is 0. The summed E-state index contributed by atoms with van der Waals surface area (Å²) in [6.45, 7) is 4.87. The standard InChI is InChI=1S/C15H24O5/c1-15(2)10-19-14(17)12-7-4-3-6-11(12)13(16)18-8-5-9-20-15/h11-12H,3-10H2,1-2H3. The van der Waals surface area contributed by atoms with E-state index in [4.69, 9.17) is 14.2 Å². The molecule has 0 radical (unpaired) electrons. The molecule has 0 amide bonds. The maximum absolute atomic E-state index is 12.2. The first kappa shape index (κ1) is 15.3. The second kappa shape index (κ2) is 6.57. The zero-order chi connectivity index (χ0) is 14.6. The summed E-state index contributed by atoms with van der Waals surface area (Å²) >= 11 is 0. The van der Waals surface area contributed by atoms with Crippen LogP contribution >= 0.6 is 0 Å². The van der Waals surface area contributed by atoms with Crippen LogP contribution in [-0.2, 0) is 23.8 Å². The molecule has 114 valence electrons. The van der Waals surface area contributed by atoms with Crippen LogP contribution in [0.4, 0.5) is 0 Å². The highest BCUT2D eigenvalue weighted by Gasteiger charge is 2.38. The first-order valence-corrected chi connectivity index (χ1v) is 7.47. The zero-order valence-corrected chi connectivity index (χ0v) is 12.4. The van der Waals surface area contributed by atoms with Gasteiger partial charge in [0.2, 0.25) is 0 Å². The third kappa shape index (κ3) is 3.95. The van der Waals surface area contributed by atoms with Crippen LogP contribution in [0.1, 0.15) is 46.0 Å². The van der Waals surface area contributed by atoms with E-state index in [1.165, 1.54) is 0 Å². The van der Waals surface area contributed by atoms with Gasteiger partial charge in [0.05, 0.1) is 30.7 Å². The first-order chi connectivity index (χ1) is 9.49. The van der Waals surface area contributed by atoms with E-state index in [1.54, 1.807) is 0 Å². The second-order valence-corrected chi connectivity index (χ2v) is 6.23. The minimum atomic E-state index is -0.497. The average molecular weight is 284 g/mol. The summed E-state index contributed by atoms with van der Waals surface area (Å²) in [6.07, 6.45) is 4.03. The van der Waals surface area contributed by atoms with Gasteiger partial charge < -0.3 is 14.2 Å². The summed E-state index contributed by atoms with van der Waals surface area (Å²) < 4.78 is 16.3. The molecule has 0 bridgehead atoms. The fraction of sp³-hybridized carbons (Fsp3) is 0.867. The van der Waals surface area contributed by atoms with E-state index in [0.717, 1.165) is 19.3 Å². The van der Waals surface area contributed by atoms with E-state index < -0.39 is 5.60 Å². The fourth-order valence-corrected chi connectivity index (χ4v) is 2.78. The molecule has 2 fully saturated rings. The molecule has 1 saturated carbocycles. The van der Waals surface area contributed by atoms with Gasteiger partial charge in [0.25, 0.3) is 0 Å². The Morgan fingerprint density at radius 3 is 2.15 bits per heavy atom. The Kier molecular flexibility index (Phi) is 5.02. The molecule has 1 aliphatic heterocycles. The maximum atomic E-state index is 12.2. The maximum Gasteiger partial charge on any atom is 0.309 e. The normalized spacial score (nSPS) is 32.1. The summed E-state index contributed by atoms with van der Waals surface area (Å²) in [5.74, 6) is -1.23. The molecule has 0 aromatic carbocycles. The largest absolute Gasteiger partial charge is 0.465 e. The summed E-state index contributed by atoms with van der Waals surface area (Å²) in [5.41, 5.74) is -0.497. The van der Waals surface area contributed by atoms with Crippen LogP contribution in [-0.4, -0.2) is 37.4 Å². The number of carbonyl (C=O) groups excluding carboxylic acids is 2. The SMILES string of the molecule is CC1(C)COC(=O)C2CCCCC2C(=O)OCCCO1. The van der Waals surface area contributed by atoms with Crippen molar-refractivity contribution in [2.75, 3.05) is 19.8 Å². The third-order valence-electron chi connectivity index (χ3n) is 3.96. The smallest absolute Gasteiger partial charge is 0.309 e. The highest BCUT2D eigenvalue weighted by Crippen LogP contribution is 2.32. The molecule has 1 saturated heterocycles. The summed E-state index contributed by atoms with van der Waals surface area (Å²) in [6, 6.07) is 0. The molecule has 2 unspecified atom stereocenters. The Morgan fingerprint density at radius 1 is 0.900 bits per heavy atom. The lowest BCUT2D eigenvalue weighted by molar-refractivity contribution is -0.171. The molecule has 0 aromatic rings. The predicted molar refractivity (Wildman–Crippen MR) is 72.0 cm³/mol. The van der Waals surface area contributed by atoms with E-state index >= 15 is 0 Å². The number of fused-ring (bicyclic) bond motifs is 1. The van der Waals surface area contributed by atoms with Crippen LogP contribution in [0.3, 0.4) is 0 Å². The lowest BCUT2D eigenvalue weighted by atomic mass is 9.79. The van der Waals surface area contributed by atoms with Gasteiger partial charge in [-0.05, 0) is 26.7 Å². The minimum Gasteiger partial charge on any atom is -0.465 e. The van der Waals surface area contributed by atoms with Gasteiger partial charge in [0, 0.05) is 6.42 Å². The van der Waals surface area contributed by atoms with Gasteiger partial charge in [-0.3, -0.25) is 9.59 Å². The Balaban J connectivity index is 2.08. The van der Waals surface area contributed by atoms with Crippen molar-refractivity contribution >= 4 is 11.9 Å². The molecule has 1 aliphatic carbocycles. The molecule has 5 nitrogen and oxygen atoms in total. The van der Waals surface area contributed by atoms with Gasteiger partial charge in [0.1, 0.15) is 6.61 Å². The molecule has 0 spiro atoms. The highest BCUT2D eigenvalue weighted by molar-refractivity contribution is 5.82. The second-order valence-electron chi connectivity index (χ2n) is 6.23. The third-order valence-corrected chi connectivity index (χ3v) is 3.96. The fourth-order valence-electron chi connectivity index (χ4n) is 2.78. The van der Waals surface area contributed by atoms with Gasteiger partial charge in [-0.1, -0.05) is 12.8 Å². The molecule has 5 heteroatoms. The van der Waals surface area contributed by atoms with Crippen LogP contribution in [0.5, 0.6) is 0 Å². The Morgan fingerprint density at radius 2 is 1.50 bits per heavy atom. The van der Waals surface area contributed by atoms with E-state index in [9.17, 15) is 9.59 Å².